The van der Waals surface area contributed by atoms with Gasteiger partial charge in [-0.05, 0) is 38.0 Å². The van der Waals surface area contributed by atoms with Crippen molar-refractivity contribution < 1.29 is 4.74 Å². The lowest BCUT2D eigenvalue weighted by Crippen LogP contribution is -2.47. The van der Waals surface area contributed by atoms with Crippen molar-refractivity contribution in [2.24, 2.45) is 17.8 Å². The van der Waals surface area contributed by atoms with Gasteiger partial charge in [0, 0.05) is 11.8 Å². The lowest BCUT2D eigenvalue weighted by molar-refractivity contribution is -0.121. The number of rotatable bonds is 1. The van der Waals surface area contributed by atoms with Gasteiger partial charge in [0.1, 0.15) is 0 Å². The maximum atomic E-state index is 6.48. The summed E-state index contributed by atoms with van der Waals surface area (Å²) < 4.78 is 6.48. The molecule has 2 aliphatic carbocycles. The predicted octanol–water partition coefficient (Wildman–Crippen LogP) is 4.33. The average Bonchev–Trinajstić information content (AvgIpc) is 2.37. The summed E-state index contributed by atoms with van der Waals surface area (Å²) >= 11 is 0. The molecule has 1 saturated heterocycles. The Balaban J connectivity index is 1.88. The minimum atomic E-state index is 0.501. The number of hydrogen-bond donors (Lipinski definition) is 0. The van der Waals surface area contributed by atoms with E-state index in [9.17, 15) is 0 Å². The first-order chi connectivity index (χ1) is 8.27. The lowest BCUT2D eigenvalue weighted by atomic mass is 9.67. The van der Waals surface area contributed by atoms with Crippen molar-refractivity contribution in [3.8, 4) is 0 Å². The molecule has 1 saturated carbocycles. The molecule has 0 N–H and O–H groups in total. The van der Waals surface area contributed by atoms with Crippen LogP contribution in [0.15, 0.2) is 11.6 Å². The standard InChI is InChI=1S/C16H26O/c1-11(2)16-14-9-4-3-7-12(14)13-8-5-6-10-15(13)17-16/h7,11,13-16H,3-6,8-10H2,1-2H3/t13-,14-,15-,16+/m0/s1. The van der Waals surface area contributed by atoms with Crippen LogP contribution in [0.2, 0.25) is 0 Å². The zero-order valence-electron chi connectivity index (χ0n) is 11.3. The van der Waals surface area contributed by atoms with Gasteiger partial charge in [0.2, 0.25) is 0 Å². The summed E-state index contributed by atoms with van der Waals surface area (Å²) in [7, 11) is 0. The summed E-state index contributed by atoms with van der Waals surface area (Å²) in [6, 6.07) is 0. The van der Waals surface area contributed by atoms with Gasteiger partial charge in [0.05, 0.1) is 12.2 Å². The molecule has 1 aliphatic heterocycles. The Bertz CT molecular complexity index is 305. The molecule has 1 nitrogen and oxygen atoms in total. The smallest absolute Gasteiger partial charge is 0.0667 e. The molecule has 1 heterocycles. The van der Waals surface area contributed by atoms with Gasteiger partial charge >= 0.3 is 0 Å². The van der Waals surface area contributed by atoms with Gasteiger partial charge in [-0.15, -0.1) is 0 Å². The Labute approximate surface area is 106 Å². The van der Waals surface area contributed by atoms with Gasteiger partial charge in [-0.1, -0.05) is 38.3 Å². The quantitative estimate of drug-likeness (QED) is 0.614. The molecule has 2 fully saturated rings. The molecular formula is C16H26O. The van der Waals surface area contributed by atoms with Crippen LogP contribution in [-0.2, 0) is 4.74 Å². The van der Waals surface area contributed by atoms with Crippen LogP contribution in [0.3, 0.4) is 0 Å². The Morgan fingerprint density at radius 2 is 1.82 bits per heavy atom. The highest BCUT2D eigenvalue weighted by Crippen LogP contribution is 2.47. The lowest BCUT2D eigenvalue weighted by Gasteiger charge is -2.48. The summed E-state index contributed by atoms with van der Waals surface area (Å²) in [5.74, 6) is 2.21. The van der Waals surface area contributed by atoms with Crippen molar-refractivity contribution in [2.45, 2.75) is 71.0 Å². The first-order valence-corrected chi connectivity index (χ1v) is 7.63. The minimum Gasteiger partial charge on any atom is -0.373 e. The van der Waals surface area contributed by atoms with E-state index < -0.39 is 0 Å². The third-order valence-electron chi connectivity index (χ3n) is 5.04. The topological polar surface area (TPSA) is 9.23 Å². The molecule has 3 aliphatic rings. The fraction of sp³-hybridized carbons (Fsp3) is 0.875. The highest BCUT2D eigenvalue weighted by Gasteiger charge is 2.43. The maximum absolute atomic E-state index is 6.48. The summed E-state index contributed by atoms with van der Waals surface area (Å²) in [6.07, 6.45) is 13.2. The first-order valence-electron chi connectivity index (χ1n) is 7.63. The van der Waals surface area contributed by atoms with Crippen molar-refractivity contribution in [3.63, 3.8) is 0 Å². The second-order valence-electron chi connectivity index (χ2n) is 6.52. The van der Waals surface area contributed by atoms with Crippen molar-refractivity contribution in [1.82, 2.24) is 0 Å². The van der Waals surface area contributed by atoms with E-state index in [0.29, 0.717) is 18.1 Å². The van der Waals surface area contributed by atoms with Gasteiger partial charge < -0.3 is 4.74 Å². The second-order valence-corrected chi connectivity index (χ2v) is 6.52. The summed E-state index contributed by atoms with van der Waals surface area (Å²) in [5.41, 5.74) is 1.80. The van der Waals surface area contributed by atoms with Crippen molar-refractivity contribution in [2.75, 3.05) is 0 Å². The molecule has 4 atom stereocenters. The van der Waals surface area contributed by atoms with Gasteiger partial charge in [-0.2, -0.15) is 0 Å². The fourth-order valence-electron chi connectivity index (χ4n) is 4.26. The molecule has 0 spiro atoms. The summed E-state index contributed by atoms with van der Waals surface area (Å²) in [6.45, 7) is 4.67. The molecule has 96 valence electrons. The van der Waals surface area contributed by atoms with E-state index in [0.717, 1.165) is 11.8 Å². The molecular weight excluding hydrogens is 208 g/mol. The zero-order valence-corrected chi connectivity index (χ0v) is 11.3. The summed E-state index contributed by atoms with van der Waals surface area (Å²) in [5, 5.41) is 0. The van der Waals surface area contributed by atoms with Crippen molar-refractivity contribution >= 4 is 0 Å². The van der Waals surface area contributed by atoms with E-state index >= 15 is 0 Å². The fourth-order valence-corrected chi connectivity index (χ4v) is 4.26. The largest absolute Gasteiger partial charge is 0.373 e. The Morgan fingerprint density at radius 1 is 1.06 bits per heavy atom. The van der Waals surface area contributed by atoms with E-state index in [1.54, 1.807) is 5.57 Å². The Hall–Kier alpha value is -0.300. The Kier molecular flexibility index (Phi) is 3.30. The maximum Gasteiger partial charge on any atom is 0.0667 e. The van der Waals surface area contributed by atoms with E-state index in [1.807, 2.05) is 0 Å². The predicted molar refractivity (Wildman–Crippen MR) is 70.9 cm³/mol. The van der Waals surface area contributed by atoms with Crippen LogP contribution in [0, 0.1) is 17.8 Å². The number of hydrogen-bond acceptors (Lipinski definition) is 1. The monoisotopic (exact) mass is 234 g/mol. The van der Waals surface area contributed by atoms with Crippen molar-refractivity contribution in [1.29, 1.82) is 0 Å². The molecule has 0 unspecified atom stereocenters. The van der Waals surface area contributed by atoms with E-state index in [2.05, 4.69) is 19.9 Å². The van der Waals surface area contributed by atoms with Crippen LogP contribution in [-0.4, -0.2) is 12.2 Å². The molecule has 0 amide bonds. The van der Waals surface area contributed by atoms with Crippen LogP contribution >= 0.6 is 0 Å². The SMILES string of the molecule is CC(C)[C@H]1O[C@H]2CCCC[C@H]2C2=CCCC[C@@H]21. The molecule has 17 heavy (non-hydrogen) atoms. The highest BCUT2D eigenvalue weighted by molar-refractivity contribution is 5.20. The molecule has 0 aromatic rings. The van der Waals surface area contributed by atoms with E-state index in [4.69, 9.17) is 4.74 Å². The molecule has 0 bridgehead atoms. The zero-order chi connectivity index (χ0) is 11.8. The molecule has 3 rings (SSSR count). The van der Waals surface area contributed by atoms with E-state index in [1.165, 1.54) is 44.9 Å². The third kappa shape index (κ3) is 2.07. The number of fused-ring (bicyclic) bond motifs is 3. The van der Waals surface area contributed by atoms with Gasteiger partial charge in [0.15, 0.2) is 0 Å². The molecule has 0 radical (unpaired) electrons. The Morgan fingerprint density at radius 3 is 2.65 bits per heavy atom. The third-order valence-corrected chi connectivity index (χ3v) is 5.04. The van der Waals surface area contributed by atoms with E-state index in [-0.39, 0.29) is 0 Å². The van der Waals surface area contributed by atoms with Gasteiger partial charge in [-0.3, -0.25) is 0 Å². The van der Waals surface area contributed by atoms with Crippen LogP contribution in [0.4, 0.5) is 0 Å². The van der Waals surface area contributed by atoms with Crippen molar-refractivity contribution in [3.05, 3.63) is 11.6 Å². The second kappa shape index (κ2) is 4.76. The summed E-state index contributed by atoms with van der Waals surface area (Å²) in [4.78, 5) is 0. The molecule has 0 aromatic heterocycles. The van der Waals surface area contributed by atoms with Gasteiger partial charge in [0.25, 0.3) is 0 Å². The van der Waals surface area contributed by atoms with Gasteiger partial charge in [-0.25, -0.2) is 0 Å². The molecule has 0 aromatic carbocycles. The highest BCUT2D eigenvalue weighted by atomic mass is 16.5. The van der Waals surface area contributed by atoms with Crippen LogP contribution in [0.1, 0.15) is 58.8 Å². The minimum absolute atomic E-state index is 0.501. The van der Waals surface area contributed by atoms with Crippen LogP contribution < -0.4 is 0 Å². The number of allylic oxidation sites excluding steroid dienone is 1. The molecule has 1 heteroatoms. The van der Waals surface area contributed by atoms with Crippen LogP contribution in [0.5, 0.6) is 0 Å². The first kappa shape index (κ1) is 11.8. The normalized spacial score (nSPS) is 41.7. The number of ether oxygens (including phenoxy) is 1. The van der Waals surface area contributed by atoms with Crippen LogP contribution in [0.25, 0.3) is 0 Å². The average molecular weight is 234 g/mol.